The third-order valence-corrected chi connectivity index (χ3v) is 2.67. The van der Waals surface area contributed by atoms with Gasteiger partial charge >= 0.3 is 0 Å². The van der Waals surface area contributed by atoms with Crippen molar-refractivity contribution in [3.63, 3.8) is 0 Å². The molecule has 4 radical (unpaired) electrons. The molecule has 2 aromatic carbocycles. The van der Waals surface area contributed by atoms with E-state index in [-0.39, 0.29) is 49.6 Å². The van der Waals surface area contributed by atoms with Crippen molar-refractivity contribution in [2.45, 2.75) is 0 Å². The zero-order valence-electron chi connectivity index (χ0n) is 12.4. The molecule has 0 heterocycles. The number of rotatable bonds is 4. The maximum atomic E-state index is 10.3. The van der Waals surface area contributed by atoms with Gasteiger partial charge < -0.3 is 39.6 Å². The average molecular weight is 535 g/mol. The summed E-state index contributed by atoms with van der Waals surface area (Å²) in [5, 5.41) is 41.0. The van der Waals surface area contributed by atoms with Gasteiger partial charge in [0.25, 0.3) is 0 Å². The van der Waals surface area contributed by atoms with Crippen LogP contribution in [0.25, 0.3) is 0 Å². The van der Waals surface area contributed by atoms with E-state index in [1.165, 1.54) is 36.4 Å². The van der Waals surface area contributed by atoms with Gasteiger partial charge in [0, 0.05) is 27.3 Å². The van der Waals surface area contributed by atoms with Gasteiger partial charge in [0.05, 0.1) is 23.9 Å². The van der Waals surface area contributed by atoms with Gasteiger partial charge in [-0.3, -0.25) is 0 Å². The molecule has 0 saturated heterocycles. The number of carboxylic acids is 4. The molecule has 128 valence electrons. The Labute approximate surface area is 161 Å². The van der Waals surface area contributed by atoms with E-state index in [0.717, 1.165) is 12.1 Å². The maximum Gasteiger partial charge on any atom is 0.0715 e. The van der Waals surface area contributed by atoms with Crippen molar-refractivity contribution in [2.24, 2.45) is 0 Å². The number of aromatic carboxylic acids is 4. The molecule has 0 bridgehead atoms. The fourth-order valence-corrected chi connectivity index (χ4v) is 1.55. The van der Waals surface area contributed by atoms with Gasteiger partial charge in [-0.2, -0.15) is 0 Å². The summed E-state index contributed by atoms with van der Waals surface area (Å²) in [5.74, 6) is -5.62. The van der Waals surface area contributed by atoms with E-state index in [1.54, 1.807) is 0 Å². The molecule has 9 heteroatoms. The summed E-state index contributed by atoms with van der Waals surface area (Å²) in [4.78, 5) is 41.0. The Morgan fingerprint density at radius 2 is 0.720 bits per heavy atom. The van der Waals surface area contributed by atoms with E-state index in [0.29, 0.717) is 0 Å². The van der Waals surface area contributed by atoms with Crippen LogP contribution in [0.4, 0.5) is 0 Å². The number of hydrogen-bond donors (Lipinski definition) is 0. The van der Waals surface area contributed by atoms with E-state index in [9.17, 15) is 39.6 Å². The Kier molecular flexibility index (Phi) is 9.06. The van der Waals surface area contributed by atoms with Crippen LogP contribution in [-0.2, 0) is 0 Å². The smallest absolute Gasteiger partial charge is 0.0715 e. The predicted octanol–water partition coefficient (Wildman–Crippen LogP) is -3.55. The fourth-order valence-electron chi connectivity index (χ4n) is 1.55. The molecule has 0 N–H and O–H groups in total. The minimum Gasteiger partial charge on any atom is -0.545 e. The second kappa shape index (κ2) is 10.2. The molecule has 8 nitrogen and oxygen atoms in total. The minimum atomic E-state index is -1.40. The van der Waals surface area contributed by atoms with Crippen molar-refractivity contribution in [2.75, 3.05) is 0 Å². The quantitative estimate of drug-likeness (QED) is 0.364. The van der Waals surface area contributed by atoms with Gasteiger partial charge in [0.15, 0.2) is 0 Å². The Balaban J connectivity index is 0.000000443. The summed E-state index contributed by atoms with van der Waals surface area (Å²) in [5.41, 5.74) is -0.679. The SMILES string of the molecule is O=C([O-])c1cccc(C(=O)[O-])c1.O=C([O-])c1cccc(C(=O)[O-])c1.[Pb]. The fraction of sp³-hybridized carbons (Fsp3) is 0. The van der Waals surface area contributed by atoms with E-state index in [2.05, 4.69) is 0 Å². The van der Waals surface area contributed by atoms with E-state index >= 15 is 0 Å². The van der Waals surface area contributed by atoms with Crippen molar-refractivity contribution < 1.29 is 39.6 Å². The number of benzene rings is 2. The first kappa shape index (κ1) is 22.2. The first-order chi connectivity index (χ1) is 11.2. The Morgan fingerprint density at radius 1 is 0.520 bits per heavy atom. The molecule has 0 spiro atoms. The van der Waals surface area contributed by atoms with E-state index in [4.69, 9.17) is 0 Å². The van der Waals surface area contributed by atoms with Crippen LogP contribution < -0.4 is 20.4 Å². The predicted molar refractivity (Wildman–Crippen MR) is 76.0 cm³/mol. The number of hydrogen-bond acceptors (Lipinski definition) is 8. The van der Waals surface area contributed by atoms with Crippen LogP contribution in [0.2, 0.25) is 0 Å². The molecule has 0 fully saturated rings. The Bertz CT molecular complexity index is 674. The summed E-state index contributed by atoms with van der Waals surface area (Å²) in [6.07, 6.45) is 0. The third kappa shape index (κ3) is 7.12. The van der Waals surface area contributed by atoms with Crippen molar-refractivity contribution in [3.05, 3.63) is 70.8 Å². The summed E-state index contributed by atoms with van der Waals surface area (Å²) in [7, 11) is 0. The molecule has 25 heavy (non-hydrogen) atoms. The van der Waals surface area contributed by atoms with Crippen molar-refractivity contribution in [3.8, 4) is 0 Å². The zero-order chi connectivity index (χ0) is 18.3. The first-order valence-corrected chi connectivity index (χ1v) is 6.28. The Hall–Kier alpha value is -2.76. The second-order valence-electron chi connectivity index (χ2n) is 4.31. The number of carboxylic acid groups (broad SMARTS) is 4. The summed E-state index contributed by atoms with van der Waals surface area (Å²) >= 11 is 0. The van der Waals surface area contributed by atoms with Crippen LogP contribution in [0.5, 0.6) is 0 Å². The van der Waals surface area contributed by atoms with Crippen LogP contribution in [0, 0.1) is 0 Å². The molecule has 0 aliphatic rings. The van der Waals surface area contributed by atoms with Crippen molar-refractivity contribution >= 4 is 51.2 Å². The van der Waals surface area contributed by atoms with Crippen LogP contribution >= 0.6 is 0 Å². The maximum absolute atomic E-state index is 10.3. The average Bonchev–Trinajstić information content (AvgIpc) is 2.55. The molecule has 2 aromatic rings. The van der Waals surface area contributed by atoms with Gasteiger partial charge in [-0.15, -0.1) is 0 Å². The molecular formula is C16H8O8Pb-4. The van der Waals surface area contributed by atoms with Gasteiger partial charge in [-0.25, -0.2) is 0 Å². The van der Waals surface area contributed by atoms with Crippen molar-refractivity contribution in [1.29, 1.82) is 0 Å². The zero-order valence-corrected chi connectivity index (χ0v) is 16.3. The standard InChI is InChI=1S/2C8H6O4.Pb/c2*9-7(10)5-2-1-3-6(4-5)8(11)12;/h2*1-4H,(H,9,10)(H,11,12);/p-4. The van der Waals surface area contributed by atoms with E-state index in [1.807, 2.05) is 0 Å². The van der Waals surface area contributed by atoms with Gasteiger partial charge in [-0.1, -0.05) is 36.4 Å². The Morgan fingerprint density at radius 3 is 0.880 bits per heavy atom. The van der Waals surface area contributed by atoms with Crippen molar-refractivity contribution in [1.82, 2.24) is 0 Å². The number of carbonyl (C=O) groups is 4. The second-order valence-corrected chi connectivity index (χ2v) is 4.31. The normalized spacial score (nSPS) is 8.96. The van der Waals surface area contributed by atoms with Gasteiger partial charge in [-0.05, 0) is 34.4 Å². The molecule has 0 aliphatic heterocycles. The number of carbonyl (C=O) groups excluding carboxylic acids is 4. The molecular weight excluding hydrogens is 527 g/mol. The van der Waals surface area contributed by atoms with Crippen LogP contribution in [0.1, 0.15) is 41.4 Å². The molecule has 0 aromatic heterocycles. The summed E-state index contributed by atoms with van der Waals surface area (Å²) in [6.45, 7) is 0. The van der Waals surface area contributed by atoms with Crippen LogP contribution in [0.3, 0.4) is 0 Å². The van der Waals surface area contributed by atoms with Gasteiger partial charge in [0.1, 0.15) is 0 Å². The summed E-state index contributed by atoms with van der Waals surface area (Å²) < 4.78 is 0. The minimum absolute atomic E-state index is 0. The molecule has 2 rings (SSSR count). The third-order valence-electron chi connectivity index (χ3n) is 2.67. The molecule has 0 unspecified atom stereocenters. The van der Waals surface area contributed by atoms with Crippen LogP contribution in [0.15, 0.2) is 48.5 Å². The largest absolute Gasteiger partial charge is 0.545 e. The first-order valence-electron chi connectivity index (χ1n) is 6.28. The summed E-state index contributed by atoms with van der Waals surface area (Å²) in [6, 6.07) is 9.62. The molecule has 0 saturated carbocycles. The van der Waals surface area contributed by atoms with E-state index < -0.39 is 23.9 Å². The van der Waals surface area contributed by atoms with Gasteiger partial charge in [0.2, 0.25) is 0 Å². The monoisotopic (exact) mass is 536 g/mol. The molecule has 0 amide bonds. The van der Waals surface area contributed by atoms with Crippen LogP contribution in [-0.4, -0.2) is 51.2 Å². The molecule has 0 aliphatic carbocycles. The molecule has 0 atom stereocenters. The topological polar surface area (TPSA) is 161 Å².